The van der Waals surface area contributed by atoms with Crippen molar-refractivity contribution < 1.29 is 9.90 Å². The Morgan fingerprint density at radius 1 is 1.33 bits per heavy atom. The van der Waals surface area contributed by atoms with Crippen molar-refractivity contribution >= 4 is 44.4 Å². The third kappa shape index (κ3) is 3.80. The quantitative estimate of drug-likeness (QED) is 0.353. The Morgan fingerprint density at radius 3 is 3.00 bits per heavy atom. The average molecular weight is 461 g/mol. The second-order valence-corrected chi connectivity index (χ2v) is 9.70. The first-order chi connectivity index (χ1) is 15.9. The van der Waals surface area contributed by atoms with Gasteiger partial charge in [0.1, 0.15) is 16.6 Å². The molecule has 0 bridgehead atoms. The molecule has 2 atom stereocenters. The van der Waals surface area contributed by atoms with Crippen LogP contribution in [0.4, 0.5) is 0 Å². The van der Waals surface area contributed by atoms with E-state index in [1.54, 1.807) is 24.3 Å². The van der Waals surface area contributed by atoms with Crippen LogP contribution in [0.25, 0.3) is 21.0 Å². The zero-order valence-corrected chi connectivity index (χ0v) is 19.2. The Kier molecular flexibility index (Phi) is 5.46. The number of carbonyl (C=O) groups excluding carboxylic acids is 1. The highest BCUT2D eigenvalue weighted by Crippen LogP contribution is 2.35. The maximum atomic E-state index is 13.3. The van der Waals surface area contributed by atoms with Crippen LogP contribution in [0.1, 0.15) is 42.3 Å². The monoisotopic (exact) mass is 460 g/mol. The summed E-state index contributed by atoms with van der Waals surface area (Å²) in [7, 11) is 0. The highest BCUT2D eigenvalue weighted by Gasteiger charge is 2.25. The van der Waals surface area contributed by atoms with Crippen LogP contribution in [0.15, 0.2) is 52.6 Å². The molecule has 2 aromatic heterocycles. The smallest absolute Gasteiger partial charge is 0.263 e. The van der Waals surface area contributed by atoms with Gasteiger partial charge in [-0.25, -0.2) is 10.4 Å². The molecule has 0 saturated heterocycles. The number of aromatic nitrogens is 2. The Hall–Kier alpha value is -3.52. The molecule has 168 valence electrons. The van der Waals surface area contributed by atoms with Crippen LogP contribution in [0.2, 0.25) is 0 Å². The van der Waals surface area contributed by atoms with Gasteiger partial charge in [-0.1, -0.05) is 37.3 Å². The first-order valence-corrected chi connectivity index (χ1v) is 11.8. The normalized spacial score (nSPS) is 16.8. The van der Waals surface area contributed by atoms with Crippen molar-refractivity contribution in [2.24, 2.45) is 11.0 Å². The zero-order valence-electron chi connectivity index (χ0n) is 18.4. The van der Waals surface area contributed by atoms with E-state index in [4.69, 9.17) is 0 Å². The van der Waals surface area contributed by atoms with E-state index in [0.717, 1.165) is 40.4 Å². The first kappa shape index (κ1) is 21.3. The van der Waals surface area contributed by atoms with Crippen LogP contribution in [0, 0.1) is 5.92 Å². The summed E-state index contributed by atoms with van der Waals surface area (Å²) in [5.41, 5.74) is 3.91. The Morgan fingerprint density at radius 2 is 2.15 bits per heavy atom. The largest absolute Gasteiger partial charge is 0.507 e. The molecule has 0 saturated carbocycles. The molecule has 0 spiro atoms. The molecule has 4 aromatic rings. The van der Waals surface area contributed by atoms with Crippen molar-refractivity contribution in [3.05, 3.63) is 69.1 Å². The number of phenols is 1. The van der Waals surface area contributed by atoms with Crippen molar-refractivity contribution in [2.45, 2.75) is 39.2 Å². The summed E-state index contributed by atoms with van der Waals surface area (Å²) in [5.74, 6) is 0.241. The summed E-state index contributed by atoms with van der Waals surface area (Å²) in [6, 6.07) is 10.2. The number of hydrogen-bond donors (Lipinski definition) is 2. The van der Waals surface area contributed by atoms with E-state index >= 15 is 0 Å². The molecular formula is C25H24N4O3S. The molecule has 33 heavy (non-hydrogen) atoms. The van der Waals surface area contributed by atoms with Gasteiger partial charge in [0, 0.05) is 10.4 Å². The number of amides is 1. The molecule has 1 aliphatic carbocycles. The van der Waals surface area contributed by atoms with Crippen molar-refractivity contribution in [1.82, 2.24) is 15.0 Å². The van der Waals surface area contributed by atoms with Crippen LogP contribution < -0.4 is 11.0 Å². The molecule has 1 amide bonds. The van der Waals surface area contributed by atoms with Crippen molar-refractivity contribution in [1.29, 1.82) is 0 Å². The minimum absolute atomic E-state index is 0.0715. The second-order valence-electron chi connectivity index (χ2n) is 8.62. The number of hydrazone groups is 1. The summed E-state index contributed by atoms with van der Waals surface area (Å²) in [6.07, 6.45) is 5.76. The maximum absolute atomic E-state index is 13.3. The standard InChI is InChI=1S/C25H24N4O3S/c1-14-7-9-18-21(11-14)33-24-22(18)25(32)29(13-26-24)15(2)23(31)28-27-12-19-17-6-4-3-5-16(17)8-10-20(19)30/h3-6,8,10,12-15,30H,7,9,11H2,1-2H3,(H,28,31)/b27-12+/t14-,15+/m1/s1. The summed E-state index contributed by atoms with van der Waals surface area (Å²) in [5, 5.41) is 16.7. The van der Waals surface area contributed by atoms with Gasteiger partial charge in [0.25, 0.3) is 11.5 Å². The van der Waals surface area contributed by atoms with Gasteiger partial charge < -0.3 is 5.11 Å². The Labute approximate surface area is 194 Å². The van der Waals surface area contributed by atoms with Gasteiger partial charge in [0.05, 0.1) is 17.9 Å². The molecule has 8 heteroatoms. The number of thiophene rings is 1. The topological polar surface area (TPSA) is 96.6 Å². The lowest BCUT2D eigenvalue weighted by atomic mass is 9.89. The first-order valence-electron chi connectivity index (χ1n) is 11.0. The van der Waals surface area contributed by atoms with Gasteiger partial charge in [0.2, 0.25) is 0 Å². The number of rotatable bonds is 4. The number of nitrogens with zero attached hydrogens (tertiary/aromatic N) is 3. The van der Waals surface area contributed by atoms with E-state index < -0.39 is 11.9 Å². The molecule has 2 heterocycles. The van der Waals surface area contributed by atoms with Gasteiger partial charge in [0.15, 0.2) is 0 Å². The SMILES string of the molecule is C[C@@H]1CCc2c(sc3ncn([C@@H](C)C(=O)N/N=C/c4c(O)ccc5ccccc45)c(=O)c23)C1. The Balaban J connectivity index is 1.40. The number of carbonyl (C=O) groups is 1. The number of aromatic hydroxyl groups is 1. The summed E-state index contributed by atoms with van der Waals surface area (Å²) < 4.78 is 1.37. The van der Waals surface area contributed by atoms with E-state index in [2.05, 4.69) is 22.4 Å². The lowest BCUT2D eigenvalue weighted by molar-refractivity contribution is -0.123. The van der Waals surface area contributed by atoms with Gasteiger partial charge >= 0.3 is 0 Å². The Bertz CT molecular complexity index is 1470. The van der Waals surface area contributed by atoms with Gasteiger partial charge in [-0.15, -0.1) is 11.3 Å². The lowest BCUT2D eigenvalue weighted by Crippen LogP contribution is -2.34. The average Bonchev–Trinajstić information content (AvgIpc) is 3.18. The maximum Gasteiger partial charge on any atom is 0.263 e. The van der Waals surface area contributed by atoms with Gasteiger partial charge in [-0.05, 0) is 54.5 Å². The van der Waals surface area contributed by atoms with Gasteiger partial charge in [-0.3, -0.25) is 14.2 Å². The lowest BCUT2D eigenvalue weighted by Gasteiger charge is -2.18. The number of nitrogens with one attached hydrogen (secondary N) is 1. The van der Waals surface area contributed by atoms with E-state index in [0.29, 0.717) is 16.9 Å². The molecule has 0 aliphatic heterocycles. The predicted molar refractivity (Wildman–Crippen MR) is 131 cm³/mol. The molecule has 0 radical (unpaired) electrons. The number of hydrogen-bond acceptors (Lipinski definition) is 6. The van der Waals surface area contributed by atoms with Crippen molar-refractivity contribution in [3.63, 3.8) is 0 Å². The predicted octanol–water partition coefficient (Wildman–Crippen LogP) is 4.15. The van der Waals surface area contributed by atoms with E-state index in [-0.39, 0.29) is 11.3 Å². The van der Waals surface area contributed by atoms with E-state index in [1.165, 1.54) is 22.0 Å². The summed E-state index contributed by atoms with van der Waals surface area (Å²) in [4.78, 5) is 32.5. The van der Waals surface area contributed by atoms with Crippen LogP contribution in [-0.2, 0) is 17.6 Å². The molecule has 0 unspecified atom stereocenters. The van der Waals surface area contributed by atoms with Gasteiger partial charge in [-0.2, -0.15) is 5.10 Å². The molecule has 2 aromatic carbocycles. The van der Waals surface area contributed by atoms with Crippen LogP contribution in [-0.4, -0.2) is 26.8 Å². The molecule has 2 N–H and O–H groups in total. The number of fused-ring (bicyclic) bond motifs is 4. The minimum Gasteiger partial charge on any atom is -0.507 e. The minimum atomic E-state index is -0.786. The van der Waals surface area contributed by atoms with Crippen LogP contribution in [0.3, 0.4) is 0 Å². The molecule has 5 rings (SSSR count). The van der Waals surface area contributed by atoms with E-state index in [1.807, 2.05) is 30.3 Å². The zero-order chi connectivity index (χ0) is 23.1. The summed E-state index contributed by atoms with van der Waals surface area (Å²) in [6.45, 7) is 3.88. The highest BCUT2D eigenvalue weighted by atomic mass is 32.1. The highest BCUT2D eigenvalue weighted by molar-refractivity contribution is 7.18. The van der Waals surface area contributed by atoms with Crippen molar-refractivity contribution in [3.8, 4) is 5.75 Å². The van der Waals surface area contributed by atoms with E-state index in [9.17, 15) is 14.7 Å². The van der Waals surface area contributed by atoms with Crippen LogP contribution >= 0.6 is 11.3 Å². The third-order valence-electron chi connectivity index (χ3n) is 6.35. The molecule has 1 aliphatic rings. The second kappa shape index (κ2) is 8.44. The number of aryl methyl sites for hydroxylation is 1. The fourth-order valence-corrected chi connectivity index (χ4v) is 5.76. The van der Waals surface area contributed by atoms with Crippen LogP contribution in [0.5, 0.6) is 5.75 Å². The third-order valence-corrected chi connectivity index (χ3v) is 7.52. The summed E-state index contributed by atoms with van der Waals surface area (Å²) >= 11 is 1.59. The molecule has 7 nitrogen and oxygen atoms in total. The van der Waals surface area contributed by atoms with Crippen molar-refractivity contribution in [2.75, 3.05) is 0 Å². The number of phenolic OH excluding ortho intramolecular Hbond substituents is 1. The number of benzene rings is 2. The fourth-order valence-electron chi connectivity index (χ4n) is 4.42. The molecule has 0 fully saturated rings. The molecular weight excluding hydrogens is 436 g/mol. The fraction of sp³-hybridized carbons (Fsp3) is 0.280.